The highest BCUT2D eigenvalue weighted by molar-refractivity contribution is 5.89. The van der Waals surface area contributed by atoms with Crippen molar-refractivity contribution in [3.05, 3.63) is 65.5 Å². The lowest BCUT2D eigenvalue weighted by Gasteiger charge is -2.25. The van der Waals surface area contributed by atoms with Crippen molar-refractivity contribution in [1.29, 1.82) is 0 Å². The van der Waals surface area contributed by atoms with Crippen molar-refractivity contribution in [3.8, 4) is 0 Å². The number of nitrogens with zero attached hydrogens (tertiary/aromatic N) is 1. The van der Waals surface area contributed by atoms with E-state index in [0.717, 1.165) is 12.8 Å². The first-order valence-electron chi connectivity index (χ1n) is 7.02. The normalized spacial score (nSPS) is 16.4. The summed E-state index contributed by atoms with van der Waals surface area (Å²) in [6.45, 7) is 0. The summed E-state index contributed by atoms with van der Waals surface area (Å²) in [5, 5.41) is 2.80. The van der Waals surface area contributed by atoms with Crippen LogP contribution in [0, 0.1) is 5.82 Å². The van der Waals surface area contributed by atoms with E-state index in [1.54, 1.807) is 24.1 Å². The van der Waals surface area contributed by atoms with Gasteiger partial charge in [-0.05, 0) is 48.2 Å². The molecule has 4 heteroatoms. The largest absolute Gasteiger partial charge is 0.322 e. The van der Waals surface area contributed by atoms with Gasteiger partial charge in [-0.3, -0.25) is 0 Å². The van der Waals surface area contributed by atoms with Gasteiger partial charge < -0.3 is 10.2 Å². The molecule has 1 atom stereocenters. The third-order valence-electron chi connectivity index (χ3n) is 3.98. The fraction of sp³-hybridized carbons (Fsp3) is 0.235. The summed E-state index contributed by atoms with van der Waals surface area (Å²) in [5.74, 6) is -0.314. The highest BCUT2D eigenvalue weighted by atomic mass is 19.1. The zero-order valence-corrected chi connectivity index (χ0v) is 11.8. The average Bonchev–Trinajstić information content (AvgIpc) is 2.92. The summed E-state index contributed by atoms with van der Waals surface area (Å²) in [6.07, 6.45) is 1.93. The van der Waals surface area contributed by atoms with Gasteiger partial charge >= 0.3 is 6.03 Å². The number of aryl methyl sites for hydroxylation is 1. The number of carbonyl (C=O) groups excluding carboxylic acids is 1. The SMILES string of the molecule is CN(C(=O)Nc1ccc(F)cc1)C1CCc2ccccc21. The summed E-state index contributed by atoms with van der Waals surface area (Å²) in [5.41, 5.74) is 3.12. The number of hydrogen-bond acceptors (Lipinski definition) is 1. The molecular weight excluding hydrogens is 267 g/mol. The van der Waals surface area contributed by atoms with Gasteiger partial charge in [0.15, 0.2) is 0 Å². The number of carbonyl (C=O) groups is 1. The molecule has 3 rings (SSSR count). The molecular formula is C17H17FN2O. The van der Waals surface area contributed by atoms with Crippen LogP contribution in [0.15, 0.2) is 48.5 Å². The Morgan fingerprint density at radius 2 is 1.90 bits per heavy atom. The molecule has 1 unspecified atom stereocenters. The fourth-order valence-corrected chi connectivity index (χ4v) is 2.82. The minimum atomic E-state index is -0.314. The topological polar surface area (TPSA) is 32.3 Å². The van der Waals surface area contributed by atoms with Gasteiger partial charge in [-0.2, -0.15) is 0 Å². The van der Waals surface area contributed by atoms with Gasteiger partial charge in [-0.15, -0.1) is 0 Å². The molecule has 2 amide bonds. The predicted octanol–water partition coefficient (Wildman–Crippen LogP) is 3.98. The quantitative estimate of drug-likeness (QED) is 0.889. The molecule has 0 spiro atoms. The number of hydrogen-bond donors (Lipinski definition) is 1. The van der Waals surface area contributed by atoms with Crippen molar-refractivity contribution in [3.63, 3.8) is 0 Å². The summed E-state index contributed by atoms with van der Waals surface area (Å²) >= 11 is 0. The van der Waals surface area contributed by atoms with Crippen LogP contribution in [0.4, 0.5) is 14.9 Å². The van der Waals surface area contributed by atoms with Crippen LogP contribution < -0.4 is 5.32 Å². The van der Waals surface area contributed by atoms with E-state index in [1.807, 2.05) is 12.1 Å². The lowest BCUT2D eigenvalue weighted by Crippen LogP contribution is -2.34. The number of urea groups is 1. The first-order valence-corrected chi connectivity index (χ1v) is 7.02. The predicted molar refractivity (Wildman–Crippen MR) is 80.7 cm³/mol. The molecule has 0 radical (unpaired) electrons. The van der Waals surface area contributed by atoms with E-state index in [4.69, 9.17) is 0 Å². The molecule has 1 aliphatic carbocycles. The first kappa shape index (κ1) is 13.6. The average molecular weight is 284 g/mol. The van der Waals surface area contributed by atoms with E-state index in [1.165, 1.54) is 23.3 Å². The molecule has 3 nitrogen and oxygen atoms in total. The van der Waals surface area contributed by atoms with Crippen LogP contribution in [0.3, 0.4) is 0 Å². The van der Waals surface area contributed by atoms with Crippen LogP contribution in [0.5, 0.6) is 0 Å². The minimum absolute atomic E-state index is 0.0987. The van der Waals surface area contributed by atoms with Gasteiger partial charge in [0.2, 0.25) is 0 Å². The zero-order chi connectivity index (χ0) is 14.8. The maximum absolute atomic E-state index is 12.9. The molecule has 0 heterocycles. The monoisotopic (exact) mass is 284 g/mol. The summed E-state index contributed by atoms with van der Waals surface area (Å²) < 4.78 is 12.9. The lowest BCUT2D eigenvalue weighted by atomic mass is 10.1. The second-order valence-corrected chi connectivity index (χ2v) is 5.30. The first-order chi connectivity index (χ1) is 10.1. The molecule has 1 aliphatic rings. The Morgan fingerprint density at radius 3 is 2.67 bits per heavy atom. The van der Waals surface area contributed by atoms with Gasteiger partial charge in [0.1, 0.15) is 5.82 Å². The van der Waals surface area contributed by atoms with Gasteiger partial charge in [0.25, 0.3) is 0 Å². The Bertz CT molecular complexity index is 654. The van der Waals surface area contributed by atoms with E-state index >= 15 is 0 Å². The molecule has 0 aromatic heterocycles. The molecule has 0 bridgehead atoms. The standard InChI is InChI=1S/C17H17FN2O/c1-20(16-11-6-12-4-2-3-5-15(12)16)17(21)19-14-9-7-13(18)8-10-14/h2-5,7-10,16H,6,11H2,1H3,(H,19,21). The molecule has 1 N–H and O–H groups in total. The summed E-state index contributed by atoms with van der Waals surface area (Å²) in [4.78, 5) is 14.0. The second kappa shape index (κ2) is 5.56. The highest BCUT2D eigenvalue weighted by Gasteiger charge is 2.28. The van der Waals surface area contributed by atoms with E-state index in [2.05, 4.69) is 17.4 Å². The number of amides is 2. The third kappa shape index (κ3) is 2.75. The van der Waals surface area contributed by atoms with E-state index in [9.17, 15) is 9.18 Å². The molecule has 0 fully saturated rings. The van der Waals surface area contributed by atoms with Gasteiger partial charge in [-0.1, -0.05) is 24.3 Å². The Kier molecular flexibility index (Phi) is 3.60. The Labute approximate surface area is 123 Å². The Balaban J connectivity index is 1.72. The Hall–Kier alpha value is -2.36. The van der Waals surface area contributed by atoms with Crippen molar-refractivity contribution in [1.82, 2.24) is 4.90 Å². The van der Waals surface area contributed by atoms with E-state index in [-0.39, 0.29) is 17.9 Å². The van der Waals surface area contributed by atoms with Gasteiger partial charge in [0.05, 0.1) is 6.04 Å². The highest BCUT2D eigenvalue weighted by Crippen LogP contribution is 2.34. The molecule has 2 aromatic rings. The molecule has 0 saturated heterocycles. The van der Waals surface area contributed by atoms with Crippen molar-refractivity contribution >= 4 is 11.7 Å². The maximum atomic E-state index is 12.9. The van der Waals surface area contributed by atoms with Crippen molar-refractivity contribution < 1.29 is 9.18 Å². The van der Waals surface area contributed by atoms with E-state index in [0.29, 0.717) is 5.69 Å². The molecule has 2 aromatic carbocycles. The number of rotatable bonds is 2. The molecule has 108 valence electrons. The molecule has 21 heavy (non-hydrogen) atoms. The summed E-state index contributed by atoms with van der Waals surface area (Å²) in [7, 11) is 1.80. The van der Waals surface area contributed by atoms with Crippen LogP contribution in [0.25, 0.3) is 0 Å². The van der Waals surface area contributed by atoms with Crippen LogP contribution in [-0.4, -0.2) is 18.0 Å². The smallest absolute Gasteiger partial charge is 0.321 e. The van der Waals surface area contributed by atoms with Crippen molar-refractivity contribution in [2.75, 3.05) is 12.4 Å². The van der Waals surface area contributed by atoms with Gasteiger partial charge in [-0.25, -0.2) is 9.18 Å². The van der Waals surface area contributed by atoms with Crippen LogP contribution in [0.1, 0.15) is 23.6 Å². The summed E-state index contributed by atoms with van der Waals surface area (Å²) in [6, 6.07) is 13.9. The van der Waals surface area contributed by atoms with Crippen molar-refractivity contribution in [2.24, 2.45) is 0 Å². The van der Waals surface area contributed by atoms with Crippen LogP contribution in [0.2, 0.25) is 0 Å². The number of halogens is 1. The maximum Gasteiger partial charge on any atom is 0.322 e. The van der Waals surface area contributed by atoms with Crippen molar-refractivity contribution in [2.45, 2.75) is 18.9 Å². The second-order valence-electron chi connectivity index (χ2n) is 5.30. The number of benzene rings is 2. The third-order valence-corrected chi connectivity index (χ3v) is 3.98. The number of fused-ring (bicyclic) bond motifs is 1. The molecule has 0 saturated carbocycles. The Morgan fingerprint density at radius 1 is 1.19 bits per heavy atom. The number of nitrogens with one attached hydrogen (secondary N) is 1. The van der Waals surface area contributed by atoms with Crippen LogP contribution >= 0.6 is 0 Å². The zero-order valence-electron chi connectivity index (χ0n) is 11.8. The van der Waals surface area contributed by atoms with E-state index < -0.39 is 0 Å². The minimum Gasteiger partial charge on any atom is -0.321 e. The lowest BCUT2D eigenvalue weighted by molar-refractivity contribution is 0.204. The fourth-order valence-electron chi connectivity index (χ4n) is 2.82. The number of anilines is 1. The molecule has 0 aliphatic heterocycles. The van der Waals surface area contributed by atoms with Crippen LogP contribution in [-0.2, 0) is 6.42 Å². The van der Waals surface area contributed by atoms with Gasteiger partial charge in [0, 0.05) is 12.7 Å².